The first-order chi connectivity index (χ1) is 17.9. The number of ketones is 1. The largest absolute Gasteiger partial charge is 0.481 e. The first-order valence-electron chi connectivity index (χ1n) is 11.4. The van der Waals surface area contributed by atoms with Crippen LogP contribution in [0.3, 0.4) is 0 Å². The Hall–Kier alpha value is -4.92. The Bertz CT molecular complexity index is 1670. The van der Waals surface area contributed by atoms with E-state index in [1.807, 2.05) is 0 Å². The number of aryl methyl sites for hydroxylation is 1. The lowest BCUT2D eigenvalue weighted by Crippen LogP contribution is -2.29. The van der Waals surface area contributed by atoms with E-state index in [2.05, 4.69) is 15.0 Å². The number of benzene rings is 2. The Morgan fingerprint density at radius 1 is 0.973 bits per heavy atom. The van der Waals surface area contributed by atoms with E-state index in [1.54, 1.807) is 55.6 Å². The Morgan fingerprint density at radius 2 is 1.73 bits per heavy atom. The number of carbonyl (C=O) groups excluding carboxylic acids is 1. The number of Topliss-reactive ketones (excluding diaryl/α,β-unsaturated/α-hetero) is 1. The quantitative estimate of drug-likeness (QED) is 0.297. The highest BCUT2D eigenvalue weighted by atomic mass is 19.1. The third-order valence-electron chi connectivity index (χ3n) is 5.73. The van der Waals surface area contributed by atoms with Crippen molar-refractivity contribution in [3.8, 4) is 23.1 Å². The van der Waals surface area contributed by atoms with Gasteiger partial charge in [0.1, 0.15) is 17.1 Å². The van der Waals surface area contributed by atoms with Crippen LogP contribution in [-0.4, -0.2) is 32.4 Å². The molecule has 0 unspecified atom stereocenters. The fraction of sp³-hybridized carbons (Fsp3) is 0.107. The number of ether oxygens (including phenoxy) is 2. The number of halogens is 1. The summed E-state index contributed by atoms with van der Waals surface area (Å²) in [5.74, 6) is 0.659. The number of hydrogen-bond donors (Lipinski definition) is 0. The number of carbonyl (C=O) groups is 1. The molecule has 0 N–H and O–H groups in total. The Balaban J connectivity index is 1.35. The minimum Gasteiger partial charge on any atom is -0.481 e. The second kappa shape index (κ2) is 9.98. The monoisotopic (exact) mass is 496 g/mol. The van der Waals surface area contributed by atoms with Crippen molar-refractivity contribution in [3.63, 3.8) is 0 Å². The molecule has 9 heteroatoms. The van der Waals surface area contributed by atoms with Gasteiger partial charge >= 0.3 is 0 Å². The van der Waals surface area contributed by atoms with Gasteiger partial charge in [-0.1, -0.05) is 12.1 Å². The molecule has 0 saturated carbocycles. The SMILES string of the molecule is COc1ccc2nccc(Oc3ccc(CC(=O)c4ncc(C)n(-c5ccc(F)cc5)c4=O)cc3)c2n1. The van der Waals surface area contributed by atoms with Crippen molar-refractivity contribution in [2.75, 3.05) is 7.11 Å². The topological polar surface area (TPSA) is 96.2 Å². The molecule has 5 rings (SSSR count). The van der Waals surface area contributed by atoms with Gasteiger partial charge in [-0.25, -0.2) is 14.4 Å². The van der Waals surface area contributed by atoms with E-state index in [0.717, 1.165) is 0 Å². The third-order valence-corrected chi connectivity index (χ3v) is 5.73. The van der Waals surface area contributed by atoms with Crippen LogP contribution in [-0.2, 0) is 6.42 Å². The van der Waals surface area contributed by atoms with Gasteiger partial charge in [-0.15, -0.1) is 0 Å². The summed E-state index contributed by atoms with van der Waals surface area (Å²) in [6.45, 7) is 1.70. The predicted molar refractivity (Wildman–Crippen MR) is 135 cm³/mol. The molecule has 0 aliphatic heterocycles. The van der Waals surface area contributed by atoms with Crippen LogP contribution in [0.1, 0.15) is 21.7 Å². The zero-order valence-corrected chi connectivity index (χ0v) is 20.0. The van der Waals surface area contributed by atoms with E-state index in [1.165, 1.54) is 42.1 Å². The smallest absolute Gasteiger partial charge is 0.284 e. The minimum atomic E-state index is -0.552. The molecule has 0 aliphatic carbocycles. The van der Waals surface area contributed by atoms with Crippen LogP contribution in [0.2, 0.25) is 0 Å². The maximum atomic E-state index is 13.3. The average Bonchev–Trinajstić information content (AvgIpc) is 2.91. The van der Waals surface area contributed by atoms with Crippen LogP contribution >= 0.6 is 0 Å². The highest BCUT2D eigenvalue weighted by molar-refractivity contribution is 5.95. The lowest BCUT2D eigenvalue weighted by Gasteiger charge is -2.11. The molecular weight excluding hydrogens is 475 g/mol. The maximum Gasteiger partial charge on any atom is 0.284 e. The molecule has 0 atom stereocenters. The number of hydrogen-bond acceptors (Lipinski definition) is 7. The van der Waals surface area contributed by atoms with Crippen molar-refractivity contribution in [3.05, 3.63) is 112 Å². The van der Waals surface area contributed by atoms with Gasteiger partial charge in [-0.2, -0.15) is 0 Å². The van der Waals surface area contributed by atoms with E-state index >= 15 is 0 Å². The lowest BCUT2D eigenvalue weighted by molar-refractivity contribution is 0.0986. The van der Waals surface area contributed by atoms with Crippen LogP contribution in [0.4, 0.5) is 4.39 Å². The molecule has 0 aliphatic rings. The van der Waals surface area contributed by atoms with Gasteiger partial charge in [0.05, 0.1) is 12.6 Å². The molecule has 3 heterocycles. The van der Waals surface area contributed by atoms with Gasteiger partial charge in [0.15, 0.2) is 17.2 Å². The molecule has 0 radical (unpaired) electrons. The molecule has 8 nitrogen and oxygen atoms in total. The summed E-state index contributed by atoms with van der Waals surface area (Å²) in [5, 5.41) is 0. The normalized spacial score (nSPS) is 10.9. The van der Waals surface area contributed by atoms with E-state index in [4.69, 9.17) is 9.47 Å². The van der Waals surface area contributed by atoms with Gasteiger partial charge in [0.2, 0.25) is 5.88 Å². The van der Waals surface area contributed by atoms with Crippen molar-refractivity contribution in [1.29, 1.82) is 0 Å². The van der Waals surface area contributed by atoms with Gasteiger partial charge in [-0.3, -0.25) is 19.1 Å². The van der Waals surface area contributed by atoms with Gasteiger partial charge in [0.25, 0.3) is 5.56 Å². The van der Waals surface area contributed by atoms with Crippen LogP contribution in [0, 0.1) is 12.7 Å². The molecule has 37 heavy (non-hydrogen) atoms. The van der Waals surface area contributed by atoms with E-state index in [9.17, 15) is 14.0 Å². The maximum absolute atomic E-state index is 13.3. The Labute approximate surface area is 211 Å². The average molecular weight is 496 g/mol. The number of nitrogens with zero attached hydrogens (tertiary/aromatic N) is 4. The zero-order valence-electron chi connectivity index (χ0n) is 20.0. The number of rotatable bonds is 7. The third kappa shape index (κ3) is 4.92. The molecule has 0 saturated heterocycles. The molecule has 3 aromatic heterocycles. The standard InChI is InChI=1S/C28H21FN4O4/c1-17-16-31-27(28(35)33(17)20-7-5-19(29)6-8-20)23(34)15-18-3-9-21(10-4-18)37-24-13-14-30-22-11-12-25(36-2)32-26(22)24/h3-14,16H,15H2,1-2H3. The second-order valence-corrected chi connectivity index (χ2v) is 8.24. The van der Waals surface area contributed by atoms with Crippen molar-refractivity contribution < 1.29 is 18.7 Å². The highest BCUT2D eigenvalue weighted by Gasteiger charge is 2.17. The number of methoxy groups -OCH3 is 1. The summed E-state index contributed by atoms with van der Waals surface area (Å²) >= 11 is 0. The summed E-state index contributed by atoms with van der Waals surface area (Å²) in [7, 11) is 1.54. The Kier molecular flexibility index (Phi) is 6.42. The molecule has 5 aromatic rings. The Morgan fingerprint density at radius 3 is 2.46 bits per heavy atom. The van der Waals surface area contributed by atoms with Crippen LogP contribution in [0.5, 0.6) is 17.4 Å². The van der Waals surface area contributed by atoms with Crippen LogP contribution in [0.25, 0.3) is 16.7 Å². The lowest BCUT2D eigenvalue weighted by atomic mass is 10.1. The van der Waals surface area contributed by atoms with Crippen LogP contribution in [0.15, 0.2) is 83.9 Å². The molecule has 0 spiro atoms. The molecule has 0 bridgehead atoms. The highest BCUT2D eigenvalue weighted by Crippen LogP contribution is 2.29. The van der Waals surface area contributed by atoms with Gasteiger partial charge in [0, 0.05) is 42.3 Å². The van der Waals surface area contributed by atoms with Crippen molar-refractivity contribution in [2.24, 2.45) is 0 Å². The van der Waals surface area contributed by atoms with E-state index in [-0.39, 0.29) is 12.1 Å². The van der Waals surface area contributed by atoms with Crippen LogP contribution < -0.4 is 15.0 Å². The fourth-order valence-corrected chi connectivity index (χ4v) is 3.89. The molecule has 2 aromatic carbocycles. The summed E-state index contributed by atoms with van der Waals surface area (Å²) in [6, 6.07) is 17.7. The fourth-order valence-electron chi connectivity index (χ4n) is 3.89. The van der Waals surface area contributed by atoms with E-state index in [0.29, 0.717) is 45.4 Å². The van der Waals surface area contributed by atoms with Gasteiger partial charge in [-0.05, 0) is 55.0 Å². The molecule has 184 valence electrons. The summed E-state index contributed by atoms with van der Waals surface area (Å²) in [6.07, 6.45) is 3.06. The first kappa shape index (κ1) is 23.8. The van der Waals surface area contributed by atoms with Gasteiger partial charge < -0.3 is 9.47 Å². The summed E-state index contributed by atoms with van der Waals surface area (Å²) in [5.41, 5.74) is 2.17. The second-order valence-electron chi connectivity index (χ2n) is 8.24. The minimum absolute atomic E-state index is 0.0219. The predicted octanol–water partition coefficient (Wildman–Crippen LogP) is 4.85. The molecule has 0 amide bonds. The van der Waals surface area contributed by atoms with E-state index < -0.39 is 17.2 Å². The van der Waals surface area contributed by atoms with Crippen molar-refractivity contribution in [1.82, 2.24) is 19.5 Å². The zero-order chi connectivity index (χ0) is 25.9. The first-order valence-corrected chi connectivity index (χ1v) is 11.4. The number of aromatic nitrogens is 4. The van der Waals surface area contributed by atoms with Crippen molar-refractivity contribution >= 4 is 16.8 Å². The van der Waals surface area contributed by atoms with Crippen molar-refractivity contribution in [2.45, 2.75) is 13.3 Å². The number of fused-ring (bicyclic) bond motifs is 1. The molecule has 0 fully saturated rings. The molecular formula is C28H21FN4O4. The number of pyridine rings is 2. The summed E-state index contributed by atoms with van der Waals surface area (Å²) in [4.78, 5) is 38.8. The summed E-state index contributed by atoms with van der Waals surface area (Å²) < 4.78 is 25.9.